The zero-order valence-electron chi connectivity index (χ0n) is 24.7. The quantitative estimate of drug-likeness (QED) is 0.182. The summed E-state index contributed by atoms with van der Waals surface area (Å²) in [5, 5.41) is 1.13. The Bertz CT molecular complexity index is 2980. The van der Waals surface area contributed by atoms with E-state index < -0.39 is 35.4 Å². The van der Waals surface area contributed by atoms with Gasteiger partial charge in [-0.05, 0) is 12.1 Å². The number of fused-ring (bicyclic) bond motifs is 20. The second-order valence-electron chi connectivity index (χ2n) is 11.0. The van der Waals surface area contributed by atoms with Crippen molar-refractivity contribution in [2.75, 3.05) is 0 Å². The fourth-order valence-corrected chi connectivity index (χ4v) is 8.07. The molecule has 234 valence electrons. The predicted octanol–water partition coefficient (Wildman–Crippen LogP) is 4.67. The molecule has 14 nitrogen and oxygen atoms in total. The van der Waals surface area contributed by atoms with E-state index in [1.807, 2.05) is 36.4 Å². The molecule has 9 rings (SSSR count). The Morgan fingerprint density at radius 1 is 0.449 bits per heavy atom. The van der Waals surface area contributed by atoms with E-state index in [1.165, 1.54) is 6.07 Å². The number of rotatable bonds is 2. The van der Waals surface area contributed by atoms with Crippen LogP contribution in [-0.2, 0) is 39.7 Å². The molecule has 0 aliphatic carbocycles. The molecule has 0 fully saturated rings. The van der Waals surface area contributed by atoms with Crippen LogP contribution in [0.25, 0.3) is 89.7 Å². The third-order valence-corrected chi connectivity index (χ3v) is 10.1. The van der Waals surface area contributed by atoms with E-state index in [0.717, 1.165) is 16.8 Å². The molecule has 5 heterocycles. The van der Waals surface area contributed by atoms with Gasteiger partial charge in [-0.2, -0.15) is 0 Å². The van der Waals surface area contributed by atoms with Gasteiger partial charge in [0, 0.05) is 43.8 Å². The average Bonchev–Trinajstić information content (AvgIpc) is 3.79. The van der Waals surface area contributed by atoms with Crippen LogP contribution in [0, 0.1) is 0 Å². The number of hydrogen-bond acceptors (Lipinski definition) is 12. The fraction of sp³-hybridized carbons (Fsp3) is 0. The van der Waals surface area contributed by atoms with Crippen LogP contribution < -0.4 is 0 Å². The zero-order valence-corrected chi connectivity index (χ0v) is 29.3. The van der Waals surface area contributed by atoms with Crippen LogP contribution in [0.3, 0.4) is 0 Å². The van der Waals surface area contributed by atoms with E-state index in [1.54, 1.807) is 36.4 Å². The number of nitrogens with one attached hydrogen (secondary N) is 2. The molecule has 49 heavy (non-hydrogen) atoms. The molecule has 7 aromatic rings. The smallest absolute Gasteiger partial charge is 0.744 e. The summed E-state index contributed by atoms with van der Waals surface area (Å²) in [7, 11) is -11.0. The van der Waals surface area contributed by atoms with Gasteiger partial charge in [0.2, 0.25) is 0 Å². The predicted molar refractivity (Wildman–Crippen MR) is 172 cm³/mol. The maximum Gasteiger partial charge on any atom is 2.00 e. The van der Waals surface area contributed by atoms with Crippen molar-refractivity contribution in [1.29, 1.82) is 0 Å². The molecule has 0 unspecified atom stereocenters. The number of benzene rings is 4. The molecule has 0 saturated carbocycles. The van der Waals surface area contributed by atoms with Crippen LogP contribution in [0.4, 0.5) is 0 Å². The van der Waals surface area contributed by atoms with E-state index in [2.05, 4.69) is 19.9 Å². The van der Waals surface area contributed by atoms with Gasteiger partial charge >= 0.3 is 19.5 Å². The van der Waals surface area contributed by atoms with Crippen LogP contribution in [0.5, 0.6) is 0 Å². The van der Waals surface area contributed by atoms with Crippen molar-refractivity contribution in [3.05, 3.63) is 84.9 Å². The maximum atomic E-state index is 12.7. The van der Waals surface area contributed by atoms with Gasteiger partial charge in [0.25, 0.3) is 0 Å². The van der Waals surface area contributed by atoms with Crippen LogP contribution >= 0.6 is 0 Å². The molecule has 0 atom stereocenters. The van der Waals surface area contributed by atoms with Crippen molar-refractivity contribution in [3.8, 4) is 45.6 Å². The standard InChI is InChI=1S/C32H18N8O6S2.Zn/c41-47(42,43)22-14-13-21-23(24(22)48(44,45)46)32-39-30-20-12-6-5-11-19(20)28(37-30)35-26-16-8-2-1-7-15(16)25(33-26)34-27-17-9-3-4-10-18(17)29(36-27)38-31(21)40-32;/h1-14H,(H,41,42,43)(H,44,45,46)(H2,33,34,35,36,37,38,39,40);/q;+2/p-2. The van der Waals surface area contributed by atoms with Gasteiger partial charge in [-0.1, -0.05) is 72.8 Å². The number of nitrogens with zero attached hydrogens (tertiary/aromatic N) is 6. The molecule has 4 aromatic carbocycles. The number of H-pyrrole nitrogens is 2. The van der Waals surface area contributed by atoms with Crippen molar-refractivity contribution in [3.63, 3.8) is 0 Å². The SMILES string of the molecule is O=S(=O)([O-])c1ccc2c3nc4nc(nc5[nH]c(nc6nc(nc([nH]3)c2c1S(=O)(=O)[O-])-c1ccccc1-6)c1ccccc51)-c1ccccc1-4.[Zn+2]. The Labute approximate surface area is 288 Å². The normalized spacial score (nSPS) is 12.4. The minimum atomic E-state index is -5.56. The van der Waals surface area contributed by atoms with Crippen molar-refractivity contribution >= 4 is 64.4 Å². The summed E-state index contributed by atoms with van der Waals surface area (Å²) in [6, 6.07) is 23.8. The second-order valence-corrected chi connectivity index (χ2v) is 13.6. The molecule has 8 bridgehead atoms. The summed E-state index contributed by atoms with van der Waals surface area (Å²) < 4.78 is 74.7. The Kier molecular flexibility index (Phi) is 6.86. The largest absolute Gasteiger partial charge is 2.00 e. The number of hydrogen-bond donors (Lipinski definition) is 2. The first kappa shape index (κ1) is 31.0. The summed E-state index contributed by atoms with van der Waals surface area (Å²) in [5.74, 6) is 0.876. The van der Waals surface area contributed by atoms with Crippen LogP contribution in [0.2, 0.25) is 0 Å². The van der Waals surface area contributed by atoms with Gasteiger partial charge in [0.15, 0.2) is 23.3 Å². The Morgan fingerprint density at radius 2 is 0.837 bits per heavy atom. The first-order chi connectivity index (χ1) is 23.0. The fourth-order valence-electron chi connectivity index (χ4n) is 6.13. The van der Waals surface area contributed by atoms with E-state index in [4.69, 9.17) is 19.9 Å². The number of aromatic amines is 2. The Hall–Kier alpha value is -5.32. The summed E-state index contributed by atoms with van der Waals surface area (Å²) in [6.07, 6.45) is 0. The third kappa shape index (κ3) is 4.85. The van der Waals surface area contributed by atoms with E-state index >= 15 is 0 Å². The van der Waals surface area contributed by atoms with Gasteiger partial charge in [-0.25, -0.2) is 46.7 Å². The molecule has 0 spiro atoms. The van der Waals surface area contributed by atoms with Crippen molar-refractivity contribution in [1.82, 2.24) is 39.9 Å². The summed E-state index contributed by atoms with van der Waals surface area (Å²) in [4.78, 5) is 32.2. The number of aromatic nitrogens is 8. The zero-order chi connectivity index (χ0) is 32.9. The molecule has 3 aromatic heterocycles. The molecule has 2 N–H and O–H groups in total. The second kappa shape index (κ2) is 10.8. The molecular weight excluding hydrogens is 722 g/mol. The summed E-state index contributed by atoms with van der Waals surface area (Å²) in [5.41, 5.74) is 3.08. The third-order valence-electron chi connectivity index (χ3n) is 8.16. The van der Waals surface area contributed by atoms with E-state index in [9.17, 15) is 25.9 Å². The van der Waals surface area contributed by atoms with Crippen LogP contribution in [0.15, 0.2) is 94.7 Å². The van der Waals surface area contributed by atoms with Gasteiger partial charge in [0.1, 0.15) is 42.8 Å². The molecule has 0 radical (unpaired) electrons. The van der Waals surface area contributed by atoms with Gasteiger partial charge < -0.3 is 19.1 Å². The summed E-state index contributed by atoms with van der Waals surface area (Å²) in [6.45, 7) is 0. The monoisotopic (exact) mass is 736 g/mol. The minimum Gasteiger partial charge on any atom is -0.744 e. The van der Waals surface area contributed by atoms with E-state index in [0.29, 0.717) is 39.4 Å². The Balaban J connectivity index is 0.00000348. The Morgan fingerprint density at radius 3 is 1.27 bits per heavy atom. The van der Waals surface area contributed by atoms with Crippen molar-refractivity contribution in [2.45, 2.75) is 9.79 Å². The summed E-state index contributed by atoms with van der Waals surface area (Å²) >= 11 is 0. The van der Waals surface area contributed by atoms with Crippen molar-refractivity contribution in [2.24, 2.45) is 0 Å². The molecule has 0 amide bonds. The first-order valence-corrected chi connectivity index (χ1v) is 17.1. The van der Waals surface area contributed by atoms with Gasteiger partial charge in [-0.3, -0.25) is 0 Å². The molecular formula is C32H16N8O6S2Zn. The minimum absolute atomic E-state index is 0. The first-order valence-electron chi connectivity index (χ1n) is 14.2. The van der Waals surface area contributed by atoms with Crippen LogP contribution in [-0.4, -0.2) is 65.8 Å². The van der Waals surface area contributed by atoms with Crippen LogP contribution in [0.1, 0.15) is 0 Å². The van der Waals surface area contributed by atoms with Crippen molar-refractivity contribution < 1.29 is 45.4 Å². The molecule has 2 aliphatic heterocycles. The molecule has 2 aliphatic rings. The molecule has 0 saturated heterocycles. The topological polar surface area (TPSA) is 223 Å². The van der Waals surface area contributed by atoms with E-state index in [-0.39, 0.29) is 53.6 Å². The average molecular weight is 738 g/mol. The maximum absolute atomic E-state index is 12.7. The molecule has 17 heteroatoms. The van der Waals surface area contributed by atoms with Gasteiger partial charge in [0.05, 0.1) is 9.79 Å². The van der Waals surface area contributed by atoms with Gasteiger partial charge in [-0.15, -0.1) is 0 Å².